The van der Waals surface area contributed by atoms with Crippen molar-refractivity contribution in [3.05, 3.63) is 28.7 Å². The summed E-state index contributed by atoms with van der Waals surface area (Å²) in [4.78, 5) is 24.3. The van der Waals surface area contributed by atoms with Gasteiger partial charge in [0.15, 0.2) is 6.04 Å². The quantitative estimate of drug-likeness (QED) is 0.750. The van der Waals surface area contributed by atoms with Crippen LogP contribution in [0.25, 0.3) is 0 Å². The highest BCUT2D eigenvalue weighted by Crippen LogP contribution is 2.19. The van der Waals surface area contributed by atoms with Gasteiger partial charge in [-0.25, -0.2) is 0 Å². The maximum absolute atomic E-state index is 12.2. The third-order valence-corrected chi connectivity index (χ3v) is 5.03. The molecule has 2 aliphatic rings. The minimum absolute atomic E-state index is 0.00546. The Morgan fingerprint density at radius 3 is 2.77 bits per heavy atom. The Morgan fingerprint density at radius 2 is 2.00 bits per heavy atom. The van der Waals surface area contributed by atoms with E-state index in [0.29, 0.717) is 6.04 Å². The lowest BCUT2D eigenvalue weighted by Gasteiger charge is -2.37. The number of anilines is 1. The lowest BCUT2D eigenvalue weighted by atomic mass is 9.87. The molecule has 0 unspecified atom stereocenters. The molecule has 1 aromatic rings. The summed E-state index contributed by atoms with van der Waals surface area (Å²) < 4.78 is 0.967. The molecule has 3 atom stereocenters. The van der Waals surface area contributed by atoms with Crippen LogP contribution in [-0.2, 0) is 9.59 Å². The molecule has 1 aliphatic heterocycles. The number of hydrogen-bond donors (Lipinski definition) is 3. The number of fused-ring (bicyclic) bond motifs is 1. The number of nitrogens with two attached hydrogens (primary N) is 1. The Labute approximate surface area is 138 Å². The molecule has 22 heavy (non-hydrogen) atoms. The van der Waals surface area contributed by atoms with Crippen molar-refractivity contribution < 1.29 is 14.9 Å². The second-order valence-corrected chi connectivity index (χ2v) is 7.04. The minimum atomic E-state index is -0.310. The normalized spacial score (nSPS) is 27.7. The number of halogens is 1. The standard InChI is InChI=1S/C16H20BrN3O2/c17-10-5-7-11(8-6-10)18-15(21)9-14-16(22)20-13-4-2-1-3-12(13)19-14/h5-8,12-14,19H,1-4,9H2,(H,18,21)(H,20,22)/p+1/t12-,13+,14-/m1/s1. The zero-order valence-corrected chi connectivity index (χ0v) is 13.9. The summed E-state index contributed by atoms with van der Waals surface area (Å²) in [5.41, 5.74) is 0.750. The van der Waals surface area contributed by atoms with E-state index in [4.69, 9.17) is 0 Å². The van der Waals surface area contributed by atoms with Gasteiger partial charge in [-0.2, -0.15) is 0 Å². The molecule has 1 aliphatic carbocycles. The van der Waals surface area contributed by atoms with Gasteiger partial charge in [0.25, 0.3) is 5.91 Å². The smallest absolute Gasteiger partial charge is 0.279 e. The summed E-state index contributed by atoms with van der Waals surface area (Å²) in [7, 11) is 0. The monoisotopic (exact) mass is 366 g/mol. The number of benzene rings is 1. The van der Waals surface area contributed by atoms with Crippen LogP contribution >= 0.6 is 15.9 Å². The van der Waals surface area contributed by atoms with Crippen molar-refractivity contribution in [2.75, 3.05) is 5.32 Å². The fraction of sp³-hybridized carbons (Fsp3) is 0.500. The van der Waals surface area contributed by atoms with E-state index in [1.807, 2.05) is 24.3 Å². The molecule has 5 nitrogen and oxygen atoms in total. The van der Waals surface area contributed by atoms with Crippen LogP contribution in [0.5, 0.6) is 0 Å². The second-order valence-electron chi connectivity index (χ2n) is 6.12. The van der Waals surface area contributed by atoms with Crippen LogP contribution < -0.4 is 16.0 Å². The summed E-state index contributed by atoms with van der Waals surface area (Å²) in [6.45, 7) is 0. The summed E-state index contributed by atoms with van der Waals surface area (Å²) in [5.74, 6) is -0.123. The zero-order chi connectivity index (χ0) is 15.5. The first kappa shape index (κ1) is 15.5. The maximum atomic E-state index is 12.2. The second kappa shape index (κ2) is 6.79. The molecule has 1 heterocycles. The van der Waals surface area contributed by atoms with Crippen molar-refractivity contribution in [3.8, 4) is 0 Å². The predicted molar refractivity (Wildman–Crippen MR) is 87.3 cm³/mol. The van der Waals surface area contributed by atoms with E-state index in [1.165, 1.54) is 12.8 Å². The highest BCUT2D eigenvalue weighted by atomic mass is 79.9. The highest BCUT2D eigenvalue weighted by Gasteiger charge is 2.40. The SMILES string of the molecule is O=C(C[C@H]1[NH2+][C@@H]2CCCC[C@@H]2NC1=O)Nc1ccc(Br)cc1. The van der Waals surface area contributed by atoms with Crippen LogP contribution in [0.1, 0.15) is 32.1 Å². The molecule has 2 fully saturated rings. The molecular weight excluding hydrogens is 346 g/mol. The zero-order valence-electron chi connectivity index (χ0n) is 12.3. The number of rotatable bonds is 3. The van der Waals surface area contributed by atoms with E-state index in [-0.39, 0.29) is 30.3 Å². The Kier molecular flexibility index (Phi) is 4.78. The van der Waals surface area contributed by atoms with Crippen LogP contribution in [-0.4, -0.2) is 29.9 Å². The van der Waals surface area contributed by atoms with Gasteiger partial charge >= 0.3 is 0 Å². The van der Waals surface area contributed by atoms with Gasteiger partial charge < -0.3 is 16.0 Å². The van der Waals surface area contributed by atoms with Crippen molar-refractivity contribution in [1.82, 2.24) is 5.32 Å². The molecule has 1 saturated carbocycles. The predicted octanol–water partition coefficient (Wildman–Crippen LogP) is 1.15. The lowest BCUT2D eigenvalue weighted by molar-refractivity contribution is -0.718. The molecule has 0 radical (unpaired) electrons. The van der Waals surface area contributed by atoms with E-state index in [2.05, 4.69) is 31.9 Å². The summed E-state index contributed by atoms with van der Waals surface area (Å²) >= 11 is 3.36. The van der Waals surface area contributed by atoms with Gasteiger partial charge in [-0.3, -0.25) is 9.59 Å². The molecule has 0 bridgehead atoms. The van der Waals surface area contributed by atoms with Crippen molar-refractivity contribution >= 4 is 33.4 Å². The number of amides is 2. The van der Waals surface area contributed by atoms with Crippen LogP contribution in [0, 0.1) is 0 Å². The first-order chi connectivity index (χ1) is 10.6. The van der Waals surface area contributed by atoms with Gasteiger partial charge in [-0.1, -0.05) is 22.4 Å². The number of carbonyl (C=O) groups excluding carboxylic acids is 2. The molecule has 3 rings (SSSR count). The number of hydrogen-bond acceptors (Lipinski definition) is 2. The number of piperazine rings is 1. The van der Waals surface area contributed by atoms with Crippen LogP contribution in [0.2, 0.25) is 0 Å². The molecule has 2 amide bonds. The molecule has 0 aromatic heterocycles. The first-order valence-corrected chi connectivity index (χ1v) is 8.62. The number of carbonyl (C=O) groups is 2. The Morgan fingerprint density at radius 1 is 1.27 bits per heavy atom. The number of nitrogens with one attached hydrogen (secondary N) is 2. The topological polar surface area (TPSA) is 74.8 Å². The van der Waals surface area contributed by atoms with Gasteiger partial charge in [-0.15, -0.1) is 0 Å². The van der Waals surface area contributed by atoms with E-state index in [0.717, 1.165) is 23.0 Å². The average molecular weight is 367 g/mol. The van der Waals surface area contributed by atoms with E-state index >= 15 is 0 Å². The first-order valence-electron chi connectivity index (χ1n) is 7.82. The van der Waals surface area contributed by atoms with E-state index in [1.54, 1.807) is 0 Å². The van der Waals surface area contributed by atoms with Gasteiger partial charge in [-0.05, 0) is 37.1 Å². The van der Waals surface area contributed by atoms with Gasteiger partial charge in [0.2, 0.25) is 5.91 Å². The summed E-state index contributed by atoms with van der Waals surface area (Å²) in [6, 6.07) is 7.83. The van der Waals surface area contributed by atoms with Gasteiger partial charge in [0.1, 0.15) is 6.04 Å². The molecule has 118 valence electrons. The molecule has 6 heteroatoms. The largest absolute Gasteiger partial charge is 0.342 e. The lowest BCUT2D eigenvalue weighted by Crippen LogP contribution is -3.03. The Bertz CT molecular complexity index is 561. The van der Waals surface area contributed by atoms with Crippen LogP contribution in [0.15, 0.2) is 28.7 Å². The molecule has 1 aromatic carbocycles. The third kappa shape index (κ3) is 3.67. The van der Waals surface area contributed by atoms with Crippen molar-refractivity contribution in [2.24, 2.45) is 0 Å². The number of quaternary nitrogens is 1. The van der Waals surface area contributed by atoms with E-state index < -0.39 is 0 Å². The maximum Gasteiger partial charge on any atom is 0.279 e. The third-order valence-electron chi connectivity index (χ3n) is 4.50. The summed E-state index contributed by atoms with van der Waals surface area (Å²) in [6.07, 6.45) is 4.79. The van der Waals surface area contributed by atoms with Gasteiger partial charge in [0.05, 0.1) is 12.5 Å². The molecule has 1 saturated heterocycles. The average Bonchev–Trinajstić information content (AvgIpc) is 2.50. The van der Waals surface area contributed by atoms with Gasteiger partial charge in [0, 0.05) is 16.6 Å². The van der Waals surface area contributed by atoms with Crippen LogP contribution in [0.3, 0.4) is 0 Å². The molecule has 0 spiro atoms. The molecule has 4 N–H and O–H groups in total. The van der Waals surface area contributed by atoms with Crippen molar-refractivity contribution in [2.45, 2.75) is 50.2 Å². The van der Waals surface area contributed by atoms with Crippen molar-refractivity contribution in [3.63, 3.8) is 0 Å². The van der Waals surface area contributed by atoms with Crippen molar-refractivity contribution in [1.29, 1.82) is 0 Å². The van der Waals surface area contributed by atoms with E-state index in [9.17, 15) is 9.59 Å². The Hall–Kier alpha value is -1.40. The summed E-state index contributed by atoms with van der Waals surface area (Å²) in [5, 5.41) is 8.04. The van der Waals surface area contributed by atoms with Crippen LogP contribution in [0.4, 0.5) is 5.69 Å². The fourth-order valence-electron chi connectivity index (χ4n) is 3.35. The minimum Gasteiger partial charge on any atom is -0.342 e. The fourth-order valence-corrected chi connectivity index (χ4v) is 3.61. The Balaban J connectivity index is 1.56. The molecular formula is C16H21BrN3O2+. The highest BCUT2D eigenvalue weighted by molar-refractivity contribution is 9.10.